The fraction of sp³-hybridized carbons (Fsp3) is 0.400. The highest BCUT2D eigenvalue weighted by Crippen LogP contribution is 2.16. The number of hydrogen-bond donors (Lipinski definition) is 1. The van der Waals surface area contributed by atoms with Crippen LogP contribution in [0.5, 0.6) is 5.75 Å². The SMILES string of the molecule is C.CC(C)c1ccc(O)cc1. The largest absolute Gasteiger partial charge is 0.508 e. The van der Waals surface area contributed by atoms with Crippen molar-refractivity contribution in [3.8, 4) is 5.75 Å². The van der Waals surface area contributed by atoms with Crippen LogP contribution in [0.25, 0.3) is 0 Å². The predicted octanol–water partition coefficient (Wildman–Crippen LogP) is 3.15. The molecule has 1 nitrogen and oxygen atoms in total. The molecule has 62 valence electrons. The summed E-state index contributed by atoms with van der Waals surface area (Å²) < 4.78 is 0. The number of phenols is 1. The normalized spacial score (nSPS) is 9.36. The summed E-state index contributed by atoms with van der Waals surface area (Å²) in [6.45, 7) is 4.26. The van der Waals surface area contributed by atoms with E-state index in [-0.39, 0.29) is 7.43 Å². The molecule has 0 aliphatic heterocycles. The molecule has 0 bridgehead atoms. The van der Waals surface area contributed by atoms with Gasteiger partial charge in [-0.2, -0.15) is 0 Å². The second-order valence-electron chi connectivity index (χ2n) is 2.75. The molecule has 0 aliphatic rings. The average molecular weight is 152 g/mol. The predicted molar refractivity (Wildman–Crippen MR) is 48.9 cm³/mol. The van der Waals surface area contributed by atoms with Crippen molar-refractivity contribution in [1.29, 1.82) is 0 Å². The maximum atomic E-state index is 8.94. The van der Waals surface area contributed by atoms with Gasteiger partial charge < -0.3 is 5.11 Å². The Morgan fingerprint density at radius 2 is 1.55 bits per heavy atom. The highest BCUT2D eigenvalue weighted by Gasteiger charge is 1.96. The van der Waals surface area contributed by atoms with Crippen LogP contribution in [0, 0.1) is 0 Å². The lowest BCUT2D eigenvalue weighted by Crippen LogP contribution is -1.84. The molecule has 1 aromatic rings. The van der Waals surface area contributed by atoms with Crippen molar-refractivity contribution < 1.29 is 5.11 Å². The molecular weight excluding hydrogens is 136 g/mol. The van der Waals surface area contributed by atoms with Gasteiger partial charge in [0.25, 0.3) is 0 Å². The Morgan fingerprint density at radius 3 is 1.91 bits per heavy atom. The van der Waals surface area contributed by atoms with E-state index in [0.29, 0.717) is 11.7 Å². The number of hydrogen-bond acceptors (Lipinski definition) is 1. The van der Waals surface area contributed by atoms with E-state index in [1.54, 1.807) is 12.1 Å². The van der Waals surface area contributed by atoms with Crippen LogP contribution in [0.4, 0.5) is 0 Å². The van der Waals surface area contributed by atoms with Gasteiger partial charge in [0.1, 0.15) is 5.75 Å². The van der Waals surface area contributed by atoms with Crippen LogP contribution in [0.1, 0.15) is 32.8 Å². The van der Waals surface area contributed by atoms with Crippen molar-refractivity contribution in [2.75, 3.05) is 0 Å². The lowest BCUT2D eigenvalue weighted by molar-refractivity contribution is 0.475. The van der Waals surface area contributed by atoms with Crippen molar-refractivity contribution in [3.05, 3.63) is 29.8 Å². The first-order chi connectivity index (χ1) is 4.70. The van der Waals surface area contributed by atoms with Gasteiger partial charge in [0.15, 0.2) is 0 Å². The monoisotopic (exact) mass is 152 g/mol. The summed E-state index contributed by atoms with van der Waals surface area (Å²) in [4.78, 5) is 0. The Morgan fingerprint density at radius 1 is 1.09 bits per heavy atom. The standard InChI is InChI=1S/C9H12O.CH4/c1-7(2)8-3-5-9(10)6-4-8;/h3-7,10H,1-2H3;1H4. The van der Waals surface area contributed by atoms with Crippen LogP contribution >= 0.6 is 0 Å². The molecule has 1 N–H and O–H groups in total. The number of benzene rings is 1. The van der Waals surface area contributed by atoms with Gasteiger partial charge >= 0.3 is 0 Å². The molecule has 1 aromatic carbocycles. The van der Waals surface area contributed by atoms with Gasteiger partial charge in [0.05, 0.1) is 0 Å². The van der Waals surface area contributed by atoms with Gasteiger partial charge in [-0.15, -0.1) is 0 Å². The molecule has 0 saturated carbocycles. The van der Waals surface area contributed by atoms with Gasteiger partial charge in [0.2, 0.25) is 0 Å². The zero-order valence-electron chi connectivity index (χ0n) is 6.33. The third-order valence-electron chi connectivity index (χ3n) is 1.56. The van der Waals surface area contributed by atoms with E-state index in [2.05, 4.69) is 13.8 Å². The third kappa shape index (κ3) is 2.62. The minimum Gasteiger partial charge on any atom is -0.508 e. The van der Waals surface area contributed by atoms with Gasteiger partial charge in [-0.05, 0) is 23.6 Å². The van der Waals surface area contributed by atoms with E-state index in [1.807, 2.05) is 12.1 Å². The molecule has 1 rings (SSSR count). The summed E-state index contributed by atoms with van der Waals surface area (Å²) >= 11 is 0. The number of phenolic OH excluding ortho intramolecular Hbond substituents is 1. The molecule has 0 radical (unpaired) electrons. The molecule has 0 unspecified atom stereocenters. The van der Waals surface area contributed by atoms with Crippen LogP contribution in [0.15, 0.2) is 24.3 Å². The molecule has 0 amide bonds. The summed E-state index contributed by atoms with van der Waals surface area (Å²) in [7, 11) is 0. The van der Waals surface area contributed by atoms with E-state index < -0.39 is 0 Å². The maximum absolute atomic E-state index is 8.94. The molecule has 0 aliphatic carbocycles. The minimum absolute atomic E-state index is 0. The smallest absolute Gasteiger partial charge is 0.115 e. The second-order valence-corrected chi connectivity index (χ2v) is 2.75. The highest BCUT2D eigenvalue weighted by molar-refractivity contribution is 5.27. The Bertz CT molecular complexity index is 199. The summed E-state index contributed by atoms with van der Waals surface area (Å²) in [5.74, 6) is 0.880. The van der Waals surface area contributed by atoms with Gasteiger partial charge in [0, 0.05) is 0 Å². The Balaban J connectivity index is 0.000001000. The van der Waals surface area contributed by atoms with Crippen molar-refractivity contribution in [2.24, 2.45) is 0 Å². The molecule has 0 saturated heterocycles. The Labute approximate surface area is 68.7 Å². The molecule has 0 atom stereocenters. The van der Waals surface area contributed by atoms with Crippen LogP contribution < -0.4 is 0 Å². The van der Waals surface area contributed by atoms with E-state index in [1.165, 1.54) is 5.56 Å². The van der Waals surface area contributed by atoms with E-state index in [4.69, 9.17) is 5.11 Å². The van der Waals surface area contributed by atoms with Crippen LogP contribution in [-0.2, 0) is 0 Å². The molecule has 0 fully saturated rings. The first-order valence-corrected chi connectivity index (χ1v) is 3.49. The second kappa shape index (κ2) is 4.02. The zero-order chi connectivity index (χ0) is 7.56. The van der Waals surface area contributed by atoms with E-state index in [9.17, 15) is 0 Å². The zero-order valence-corrected chi connectivity index (χ0v) is 6.33. The van der Waals surface area contributed by atoms with E-state index in [0.717, 1.165) is 0 Å². The van der Waals surface area contributed by atoms with Crippen molar-refractivity contribution in [2.45, 2.75) is 27.2 Å². The fourth-order valence-electron chi connectivity index (χ4n) is 0.859. The summed E-state index contributed by atoms with van der Waals surface area (Å²) in [6, 6.07) is 7.32. The fourth-order valence-corrected chi connectivity index (χ4v) is 0.859. The molecule has 0 heterocycles. The van der Waals surface area contributed by atoms with Crippen molar-refractivity contribution >= 4 is 0 Å². The van der Waals surface area contributed by atoms with Gasteiger partial charge in [-0.3, -0.25) is 0 Å². The van der Waals surface area contributed by atoms with Crippen LogP contribution in [0.3, 0.4) is 0 Å². The van der Waals surface area contributed by atoms with Crippen molar-refractivity contribution in [1.82, 2.24) is 0 Å². The van der Waals surface area contributed by atoms with Gasteiger partial charge in [-0.25, -0.2) is 0 Å². The molecule has 1 heteroatoms. The lowest BCUT2D eigenvalue weighted by Gasteiger charge is -2.03. The average Bonchev–Trinajstić information content (AvgIpc) is 1.88. The molecule has 11 heavy (non-hydrogen) atoms. The van der Waals surface area contributed by atoms with Crippen LogP contribution in [0.2, 0.25) is 0 Å². The maximum Gasteiger partial charge on any atom is 0.115 e. The summed E-state index contributed by atoms with van der Waals surface area (Å²) in [6.07, 6.45) is 0. The van der Waals surface area contributed by atoms with Crippen LogP contribution in [-0.4, -0.2) is 5.11 Å². The Kier molecular flexibility index (Phi) is 3.66. The summed E-state index contributed by atoms with van der Waals surface area (Å²) in [5, 5.41) is 8.94. The third-order valence-corrected chi connectivity index (χ3v) is 1.56. The lowest BCUT2D eigenvalue weighted by atomic mass is 10.0. The first kappa shape index (κ1) is 10.0. The van der Waals surface area contributed by atoms with E-state index >= 15 is 0 Å². The Hall–Kier alpha value is -0.980. The molecule has 0 spiro atoms. The number of aromatic hydroxyl groups is 1. The van der Waals surface area contributed by atoms with Gasteiger partial charge in [-0.1, -0.05) is 33.4 Å². The first-order valence-electron chi connectivity index (χ1n) is 3.49. The molecular formula is C10H16O. The number of rotatable bonds is 1. The summed E-state index contributed by atoms with van der Waals surface area (Å²) in [5.41, 5.74) is 1.26. The topological polar surface area (TPSA) is 20.2 Å². The quantitative estimate of drug-likeness (QED) is 0.655. The highest BCUT2D eigenvalue weighted by atomic mass is 16.3. The molecule has 0 aromatic heterocycles. The minimum atomic E-state index is 0. The van der Waals surface area contributed by atoms with Crippen molar-refractivity contribution in [3.63, 3.8) is 0 Å².